The van der Waals surface area contributed by atoms with E-state index in [0.717, 1.165) is 0 Å². The molecule has 1 aromatic carbocycles. The highest BCUT2D eigenvalue weighted by molar-refractivity contribution is 5.93. The van der Waals surface area contributed by atoms with Gasteiger partial charge in [-0.3, -0.25) is 14.4 Å². The van der Waals surface area contributed by atoms with Gasteiger partial charge in [0.05, 0.1) is 13.2 Å². The highest BCUT2D eigenvalue weighted by Crippen LogP contribution is 2.11. The third kappa shape index (κ3) is 8.00. The highest BCUT2D eigenvalue weighted by Gasteiger charge is 2.19. The van der Waals surface area contributed by atoms with Crippen molar-refractivity contribution in [3.8, 4) is 0 Å². The van der Waals surface area contributed by atoms with Crippen molar-refractivity contribution >= 4 is 23.5 Å². The van der Waals surface area contributed by atoms with E-state index in [1.165, 1.54) is 36.3 Å². The van der Waals surface area contributed by atoms with E-state index in [2.05, 4.69) is 15.8 Å². The van der Waals surface area contributed by atoms with Crippen LogP contribution in [-0.4, -0.2) is 54.6 Å². The molecule has 0 saturated carbocycles. The zero-order valence-corrected chi connectivity index (χ0v) is 16.9. The standard InChI is InChI=1S/C20H25FN4O5/c1-14-11-17(24-30-14)23-18(26)7-8-20(28)25(13-19(27)22-9-10-29-2)12-15-3-5-16(21)6-4-15/h3-6,11H,7-10,12-13H2,1-2H3,(H,22,27)(H,23,24,26). The molecule has 0 aliphatic carbocycles. The molecular formula is C20H25FN4O5. The fourth-order valence-corrected chi connectivity index (χ4v) is 2.57. The Morgan fingerprint density at radius 1 is 1.17 bits per heavy atom. The second-order valence-corrected chi connectivity index (χ2v) is 6.59. The summed E-state index contributed by atoms with van der Waals surface area (Å²) < 4.78 is 22.9. The van der Waals surface area contributed by atoms with E-state index >= 15 is 0 Å². The van der Waals surface area contributed by atoms with Crippen LogP contribution in [0.2, 0.25) is 0 Å². The maximum atomic E-state index is 13.1. The molecule has 0 aliphatic heterocycles. The van der Waals surface area contributed by atoms with Crippen LogP contribution in [0.3, 0.4) is 0 Å². The van der Waals surface area contributed by atoms with Crippen molar-refractivity contribution in [1.29, 1.82) is 0 Å². The molecule has 2 rings (SSSR count). The first-order valence-corrected chi connectivity index (χ1v) is 9.38. The molecule has 2 N–H and O–H groups in total. The van der Waals surface area contributed by atoms with E-state index in [0.29, 0.717) is 24.5 Å². The summed E-state index contributed by atoms with van der Waals surface area (Å²) in [5.41, 5.74) is 0.664. The molecule has 1 aromatic heterocycles. The van der Waals surface area contributed by atoms with Gasteiger partial charge in [0, 0.05) is 39.1 Å². The van der Waals surface area contributed by atoms with Gasteiger partial charge in [0.2, 0.25) is 17.7 Å². The van der Waals surface area contributed by atoms with Crippen molar-refractivity contribution in [2.45, 2.75) is 26.3 Å². The monoisotopic (exact) mass is 420 g/mol. The number of aromatic nitrogens is 1. The Bertz CT molecular complexity index is 853. The summed E-state index contributed by atoms with van der Waals surface area (Å²) >= 11 is 0. The molecule has 0 saturated heterocycles. The van der Waals surface area contributed by atoms with E-state index < -0.39 is 11.7 Å². The summed E-state index contributed by atoms with van der Waals surface area (Å²) in [7, 11) is 1.52. The lowest BCUT2D eigenvalue weighted by molar-refractivity contribution is -0.137. The van der Waals surface area contributed by atoms with Crippen molar-refractivity contribution in [3.63, 3.8) is 0 Å². The third-order valence-electron chi connectivity index (χ3n) is 4.06. The zero-order chi connectivity index (χ0) is 21.9. The molecule has 1 heterocycles. The van der Waals surface area contributed by atoms with Crippen molar-refractivity contribution in [1.82, 2.24) is 15.4 Å². The van der Waals surface area contributed by atoms with Crippen LogP contribution in [0.4, 0.5) is 10.2 Å². The number of benzene rings is 1. The summed E-state index contributed by atoms with van der Waals surface area (Å²) in [6, 6.07) is 7.20. The molecule has 162 valence electrons. The van der Waals surface area contributed by atoms with E-state index in [4.69, 9.17) is 9.26 Å². The molecule has 0 atom stereocenters. The number of carbonyl (C=O) groups is 3. The van der Waals surface area contributed by atoms with Gasteiger partial charge in [0.1, 0.15) is 11.6 Å². The Morgan fingerprint density at radius 2 is 1.90 bits per heavy atom. The molecule has 30 heavy (non-hydrogen) atoms. The van der Waals surface area contributed by atoms with Crippen molar-refractivity contribution < 1.29 is 28.0 Å². The minimum Gasteiger partial charge on any atom is -0.383 e. The van der Waals surface area contributed by atoms with Crippen LogP contribution >= 0.6 is 0 Å². The third-order valence-corrected chi connectivity index (χ3v) is 4.06. The number of hydrogen-bond donors (Lipinski definition) is 2. The topological polar surface area (TPSA) is 114 Å². The number of hydrogen-bond acceptors (Lipinski definition) is 6. The number of aryl methyl sites for hydroxylation is 1. The van der Waals surface area contributed by atoms with Crippen LogP contribution in [0.15, 0.2) is 34.9 Å². The van der Waals surface area contributed by atoms with Gasteiger partial charge in [-0.25, -0.2) is 4.39 Å². The summed E-state index contributed by atoms with van der Waals surface area (Å²) in [5, 5.41) is 8.85. The lowest BCUT2D eigenvalue weighted by Gasteiger charge is -2.22. The van der Waals surface area contributed by atoms with Crippen LogP contribution < -0.4 is 10.6 Å². The first-order chi connectivity index (χ1) is 14.4. The van der Waals surface area contributed by atoms with Crippen LogP contribution in [0.1, 0.15) is 24.2 Å². The second kappa shape index (κ2) is 11.7. The largest absolute Gasteiger partial charge is 0.383 e. The maximum Gasteiger partial charge on any atom is 0.239 e. The first-order valence-electron chi connectivity index (χ1n) is 9.38. The summed E-state index contributed by atoms with van der Waals surface area (Å²) in [6.45, 7) is 2.27. The van der Waals surface area contributed by atoms with Crippen molar-refractivity contribution in [2.75, 3.05) is 32.1 Å². The average Bonchev–Trinajstić information content (AvgIpc) is 3.12. The van der Waals surface area contributed by atoms with Gasteiger partial charge in [-0.05, 0) is 24.6 Å². The maximum absolute atomic E-state index is 13.1. The Hall–Kier alpha value is -3.27. The fourth-order valence-electron chi connectivity index (χ4n) is 2.57. The van der Waals surface area contributed by atoms with Gasteiger partial charge in [-0.2, -0.15) is 0 Å². The quantitative estimate of drug-likeness (QED) is 0.534. The molecule has 2 aromatic rings. The molecule has 0 radical (unpaired) electrons. The lowest BCUT2D eigenvalue weighted by Crippen LogP contribution is -2.41. The lowest BCUT2D eigenvalue weighted by atomic mass is 10.2. The molecule has 10 heteroatoms. The Morgan fingerprint density at radius 3 is 2.53 bits per heavy atom. The van der Waals surface area contributed by atoms with Gasteiger partial charge >= 0.3 is 0 Å². The van der Waals surface area contributed by atoms with E-state index in [1.54, 1.807) is 13.0 Å². The molecule has 0 bridgehead atoms. The molecule has 0 spiro atoms. The smallest absolute Gasteiger partial charge is 0.239 e. The van der Waals surface area contributed by atoms with Gasteiger partial charge < -0.3 is 24.8 Å². The number of nitrogens with zero attached hydrogens (tertiary/aromatic N) is 2. The minimum atomic E-state index is -0.400. The normalized spacial score (nSPS) is 10.5. The molecule has 0 fully saturated rings. The second-order valence-electron chi connectivity index (χ2n) is 6.59. The Balaban J connectivity index is 1.94. The highest BCUT2D eigenvalue weighted by atomic mass is 19.1. The van der Waals surface area contributed by atoms with Crippen molar-refractivity contribution in [3.05, 3.63) is 47.5 Å². The van der Waals surface area contributed by atoms with Gasteiger partial charge in [-0.1, -0.05) is 17.3 Å². The van der Waals surface area contributed by atoms with Crippen molar-refractivity contribution in [2.24, 2.45) is 0 Å². The van der Waals surface area contributed by atoms with Crippen LogP contribution in [0, 0.1) is 12.7 Å². The molecule has 3 amide bonds. The number of anilines is 1. The van der Waals surface area contributed by atoms with E-state index in [1.807, 2.05) is 0 Å². The van der Waals surface area contributed by atoms with Crippen LogP contribution in [-0.2, 0) is 25.7 Å². The molecule has 0 aliphatic rings. The number of methoxy groups -OCH3 is 1. The number of halogens is 1. The first kappa shape index (κ1) is 23.0. The predicted octanol–water partition coefficient (Wildman–Crippen LogP) is 1.63. The number of ether oxygens (including phenoxy) is 1. The molecule has 0 unspecified atom stereocenters. The molecule has 9 nitrogen and oxygen atoms in total. The van der Waals surface area contributed by atoms with Gasteiger partial charge in [-0.15, -0.1) is 0 Å². The predicted molar refractivity (Wildman–Crippen MR) is 106 cm³/mol. The average molecular weight is 420 g/mol. The number of amides is 3. The van der Waals surface area contributed by atoms with Gasteiger partial charge in [0.25, 0.3) is 0 Å². The Kier molecular flexibility index (Phi) is 8.95. The van der Waals surface area contributed by atoms with E-state index in [9.17, 15) is 18.8 Å². The van der Waals surface area contributed by atoms with Crippen LogP contribution in [0.25, 0.3) is 0 Å². The number of carbonyl (C=O) groups excluding carboxylic acids is 3. The number of nitrogens with one attached hydrogen (secondary N) is 2. The minimum absolute atomic E-state index is 0.0873. The van der Waals surface area contributed by atoms with Crippen LogP contribution in [0.5, 0.6) is 0 Å². The Labute approximate surface area is 173 Å². The zero-order valence-electron chi connectivity index (χ0n) is 16.9. The summed E-state index contributed by atoms with van der Waals surface area (Å²) in [5.74, 6) is -0.716. The van der Waals surface area contributed by atoms with Gasteiger partial charge in [0.15, 0.2) is 5.82 Å². The van der Waals surface area contributed by atoms with E-state index in [-0.39, 0.29) is 43.6 Å². The summed E-state index contributed by atoms with van der Waals surface area (Å²) in [6.07, 6.45) is -0.189. The summed E-state index contributed by atoms with van der Waals surface area (Å²) in [4.78, 5) is 38.2. The molecular weight excluding hydrogens is 395 g/mol. The SMILES string of the molecule is COCCNC(=O)CN(Cc1ccc(F)cc1)C(=O)CCC(=O)Nc1cc(C)on1. The number of rotatable bonds is 11. The fraction of sp³-hybridized carbons (Fsp3) is 0.400.